The van der Waals surface area contributed by atoms with Crippen LogP contribution in [0.5, 0.6) is 0 Å². The van der Waals surface area contributed by atoms with Gasteiger partial charge in [0.1, 0.15) is 0 Å². The second-order valence-corrected chi connectivity index (χ2v) is 8.57. The van der Waals surface area contributed by atoms with E-state index in [1.165, 1.54) is 5.56 Å². The summed E-state index contributed by atoms with van der Waals surface area (Å²) in [6.45, 7) is 7.26. The Morgan fingerprint density at radius 2 is 1.94 bits per heavy atom. The second kappa shape index (κ2) is 9.12. The lowest BCUT2D eigenvalue weighted by Crippen LogP contribution is -2.30. The minimum atomic E-state index is -0.923. The number of rotatable bonds is 7. The van der Waals surface area contributed by atoms with Crippen LogP contribution in [0.2, 0.25) is 0 Å². The molecule has 0 saturated carbocycles. The first-order chi connectivity index (χ1) is 15.4. The Hall–Kier alpha value is -3.19. The Balaban J connectivity index is 1.79. The van der Waals surface area contributed by atoms with Crippen LogP contribution in [0, 0.1) is 13.8 Å². The monoisotopic (exact) mass is 448 g/mol. The van der Waals surface area contributed by atoms with E-state index < -0.39 is 5.97 Å². The number of pyridine rings is 1. The number of thiocarbonyl (C=S) groups is 1. The molecule has 0 unspecified atom stereocenters. The average molecular weight is 449 g/mol. The van der Waals surface area contributed by atoms with Crippen molar-refractivity contribution in [3.63, 3.8) is 0 Å². The molecule has 2 aromatic heterocycles. The molecule has 0 bridgehead atoms. The van der Waals surface area contributed by atoms with Gasteiger partial charge in [0.2, 0.25) is 0 Å². The molecule has 1 aromatic carbocycles. The molecule has 0 amide bonds. The maximum atomic E-state index is 11.2. The third kappa shape index (κ3) is 4.00. The average Bonchev–Trinajstić information content (AvgIpc) is 3.27. The van der Waals surface area contributed by atoms with Crippen LogP contribution in [0.4, 0.5) is 0 Å². The van der Waals surface area contributed by atoms with E-state index in [0.717, 1.165) is 47.3 Å². The maximum Gasteiger partial charge on any atom is 0.335 e. The van der Waals surface area contributed by atoms with Crippen LogP contribution in [0.15, 0.2) is 54.7 Å². The number of benzene rings is 1. The molecule has 2 atom stereocenters. The normalized spacial score (nSPS) is 18.1. The quantitative estimate of drug-likeness (QED) is 0.498. The highest BCUT2D eigenvalue weighted by Crippen LogP contribution is 2.41. The summed E-state index contributed by atoms with van der Waals surface area (Å²) in [5.41, 5.74) is 5.60. The van der Waals surface area contributed by atoms with Crippen LogP contribution >= 0.6 is 12.2 Å². The Morgan fingerprint density at radius 1 is 1.19 bits per heavy atom. The van der Waals surface area contributed by atoms with Crippen molar-refractivity contribution in [1.82, 2.24) is 19.8 Å². The molecule has 32 heavy (non-hydrogen) atoms. The van der Waals surface area contributed by atoms with Gasteiger partial charge in [-0.2, -0.15) is 0 Å². The van der Waals surface area contributed by atoms with Gasteiger partial charge >= 0.3 is 5.97 Å². The molecule has 3 heterocycles. The number of hydrogen-bond acceptors (Lipinski definition) is 3. The zero-order chi connectivity index (χ0) is 22.8. The molecule has 4 rings (SSSR count). The number of nitrogens with one attached hydrogen (secondary N) is 1. The zero-order valence-corrected chi connectivity index (χ0v) is 19.4. The van der Waals surface area contributed by atoms with Crippen molar-refractivity contribution in [1.29, 1.82) is 0 Å². The molecule has 0 radical (unpaired) electrons. The lowest BCUT2D eigenvalue weighted by atomic mass is 9.96. The van der Waals surface area contributed by atoms with E-state index in [-0.39, 0.29) is 17.6 Å². The number of hydrogen-bond donors (Lipinski definition) is 2. The van der Waals surface area contributed by atoms with Gasteiger partial charge in [-0.05, 0) is 80.5 Å². The first-order valence-electron chi connectivity index (χ1n) is 10.9. The van der Waals surface area contributed by atoms with E-state index in [2.05, 4.69) is 46.6 Å². The first kappa shape index (κ1) is 22.0. The summed E-state index contributed by atoms with van der Waals surface area (Å²) in [4.78, 5) is 18.2. The molecule has 3 aromatic rings. The van der Waals surface area contributed by atoms with Crippen molar-refractivity contribution in [2.45, 2.75) is 45.7 Å². The summed E-state index contributed by atoms with van der Waals surface area (Å²) < 4.78 is 2.18. The van der Waals surface area contributed by atoms with Crippen LogP contribution in [-0.2, 0) is 0 Å². The van der Waals surface area contributed by atoms with Gasteiger partial charge in [0.25, 0.3) is 0 Å². The van der Waals surface area contributed by atoms with Gasteiger partial charge in [0, 0.05) is 29.8 Å². The molecule has 6 nitrogen and oxygen atoms in total. The molecule has 1 fully saturated rings. The van der Waals surface area contributed by atoms with Crippen LogP contribution in [0.25, 0.3) is 5.69 Å². The summed E-state index contributed by atoms with van der Waals surface area (Å²) in [5, 5.41) is 13.5. The van der Waals surface area contributed by atoms with Crippen molar-refractivity contribution in [3.05, 3.63) is 82.9 Å². The third-order valence-electron chi connectivity index (χ3n) is 6.11. The maximum absolute atomic E-state index is 11.2. The Labute approximate surface area is 193 Å². The topological polar surface area (TPSA) is 70.4 Å². The van der Waals surface area contributed by atoms with Gasteiger partial charge in [-0.1, -0.05) is 19.4 Å². The summed E-state index contributed by atoms with van der Waals surface area (Å²) >= 11 is 5.75. The predicted octanol–water partition coefficient (Wildman–Crippen LogP) is 4.96. The molecule has 166 valence electrons. The highest BCUT2D eigenvalue weighted by Gasteiger charge is 2.41. The predicted molar refractivity (Wildman–Crippen MR) is 129 cm³/mol. The van der Waals surface area contributed by atoms with Crippen LogP contribution < -0.4 is 5.32 Å². The third-order valence-corrected chi connectivity index (χ3v) is 6.46. The lowest BCUT2D eigenvalue weighted by molar-refractivity contribution is 0.0697. The smallest absolute Gasteiger partial charge is 0.335 e. The van der Waals surface area contributed by atoms with Crippen LogP contribution in [0.1, 0.15) is 64.9 Å². The number of nitrogens with zero attached hydrogens (tertiary/aromatic N) is 3. The van der Waals surface area contributed by atoms with Crippen molar-refractivity contribution in [2.75, 3.05) is 6.54 Å². The number of aromatic carboxylic acids is 1. The molecule has 2 N–H and O–H groups in total. The van der Waals surface area contributed by atoms with E-state index in [0.29, 0.717) is 0 Å². The van der Waals surface area contributed by atoms with E-state index in [4.69, 9.17) is 12.2 Å². The Kier molecular flexibility index (Phi) is 6.28. The van der Waals surface area contributed by atoms with Crippen LogP contribution in [-0.4, -0.2) is 37.2 Å². The second-order valence-electron chi connectivity index (χ2n) is 8.19. The molecule has 1 aliphatic heterocycles. The molecule has 1 saturated heterocycles. The summed E-state index contributed by atoms with van der Waals surface area (Å²) in [6, 6.07) is 15.2. The van der Waals surface area contributed by atoms with Crippen LogP contribution in [0.3, 0.4) is 0 Å². The van der Waals surface area contributed by atoms with E-state index in [1.807, 2.05) is 36.5 Å². The molecular formula is C25H28N4O2S. The number of aromatic nitrogens is 2. The fraction of sp³-hybridized carbons (Fsp3) is 0.320. The van der Waals surface area contributed by atoms with Gasteiger partial charge in [-0.15, -0.1) is 0 Å². The molecule has 0 aliphatic carbocycles. The van der Waals surface area contributed by atoms with Gasteiger partial charge in [0.05, 0.1) is 23.3 Å². The van der Waals surface area contributed by atoms with Crippen molar-refractivity contribution >= 4 is 23.3 Å². The number of unbranched alkanes of at least 4 members (excludes halogenated alkanes) is 1. The van der Waals surface area contributed by atoms with Gasteiger partial charge in [0.15, 0.2) is 5.11 Å². The number of carboxylic acid groups (broad SMARTS) is 1. The van der Waals surface area contributed by atoms with E-state index >= 15 is 0 Å². The summed E-state index contributed by atoms with van der Waals surface area (Å²) in [5.74, 6) is -0.923. The van der Waals surface area contributed by atoms with Crippen molar-refractivity contribution in [2.24, 2.45) is 0 Å². The largest absolute Gasteiger partial charge is 0.478 e. The SMILES string of the molecule is CCCCN1C(=S)N[C@H](c2ccccn2)[C@@H]1c1cc(C)n(-c2ccc(C(=O)O)cc2)c1C. The molecule has 0 spiro atoms. The summed E-state index contributed by atoms with van der Waals surface area (Å²) in [7, 11) is 0. The minimum Gasteiger partial charge on any atom is -0.478 e. The highest BCUT2D eigenvalue weighted by molar-refractivity contribution is 7.80. The molecule has 1 aliphatic rings. The van der Waals surface area contributed by atoms with Crippen molar-refractivity contribution in [3.8, 4) is 5.69 Å². The number of carbonyl (C=O) groups is 1. The van der Waals surface area contributed by atoms with Gasteiger partial charge in [-0.25, -0.2) is 4.79 Å². The standard InChI is InChI=1S/C25H28N4O2S/c1-4-5-14-28-23(22(27-25(28)32)21-8-6-7-13-26-21)20-15-16(2)29(17(20)3)19-11-9-18(10-12-19)24(30)31/h6-13,15,22-23H,4-5,14H2,1-3H3,(H,27,32)(H,30,31)/t22-,23+/m1/s1. The minimum absolute atomic E-state index is 0.0298. The van der Waals surface area contributed by atoms with Gasteiger partial charge < -0.3 is 19.9 Å². The van der Waals surface area contributed by atoms with Crippen molar-refractivity contribution < 1.29 is 9.90 Å². The van der Waals surface area contributed by atoms with E-state index in [1.54, 1.807) is 12.1 Å². The van der Waals surface area contributed by atoms with Gasteiger partial charge in [-0.3, -0.25) is 4.98 Å². The first-order valence-corrected chi connectivity index (χ1v) is 11.3. The highest BCUT2D eigenvalue weighted by atomic mass is 32.1. The fourth-order valence-electron chi connectivity index (χ4n) is 4.55. The molecule has 7 heteroatoms. The Morgan fingerprint density at radius 3 is 2.56 bits per heavy atom. The molecular weight excluding hydrogens is 420 g/mol. The summed E-state index contributed by atoms with van der Waals surface area (Å²) in [6.07, 6.45) is 3.97. The Bertz CT molecular complexity index is 1120. The lowest BCUT2D eigenvalue weighted by Gasteiger charge is -2.28. The number of aryl methyl sites for hydroxylation is 1. The number of carboxylic acids is 1. The zero-order valence-electron chi connectivity index (χ0n) is 18.6. The fourth-order valence-corrected chi connectivity index (χ4v) is 4.88. The van der Waals surface area contributed by atoms with E-state index in [9.17, 15) is 9.90 Å².